The van der Waals surface area contributed by atoms with Gasteiger partial charge in [-0.05, 0) is 45.1 Å². The predicted molar refractivity (Wildman–Crippen MR) is 80.1 cm³/mol. The van der Waals surface area contributed by atoms with Crippen molar-refractivity contribution >= 4 is 5.91 Å². The van der Waals surface area contributed by atoms with Gasteiger partial charge in [0.05, 0.1) is 11.7 Å². The fourth-order valence-corrected chi connectivity index (χ4v) is 2.70. The van der Waals surface area contributed by atoms with Crippen LogP contribution < -0.4 is 5.32 Å². The van der Waals surface area contributed by atoms with E-state index in [-0.39, 0.29) is 11.9 Å². The Morgan fingerprint density at radius 3 is 2.43 bits per heavy atom. The van der Waals surface area contributed by atoms with Crippen LogP contribution in [-0.2, 0) is 0 Å². The molecule has 4 heteroatoms. The number of nitrogens with zero attached hydrogens (tertiary/aromatic N) is 1. The summed E-state index contributed by atoms with van der Waals surface area (Å²) < 4.78 is 5.08. The second kappa shape index (κ2) is 5.35. The van der Waals surface area contributed by atoms with Crippen molar-refractivity contribution in [2.45, 2.75) is 39.7 Å². The van der Waals surface area contributed by atoms with Crippen LogP contribution in [0.15, 0.2) is 28.8 Å². The first-order chi connectivity index (χ1) is 10.1. The molecule has 1 N–H and O–H groups in total. The Hall–Kier alpha value is -2.10. The van der Waals surface area contributed by atoms with Gasteiger partial charge in [0.1, 0.15) is 11.3 Å². The van der Waals surface area contributed by atoms with Crippen LogP contribution in [-0.4, -0.2) is 11.1 Å². The molecule has 1 aliphatic rings. The van der Waals surface area contributed by atoms with Crippen LogP contribution in [0, 0.1) is 26.7 Å². The maximum atomic E-state index is 12.5. The lowest BCUT2D eigenvalue weighted by Crippen LogP contribution is -2.30. The quantitative estimate of drug-likeness (QED) is 0.935. The minimum atomic E-state index is -0.0938. The molecule has 0 saturated heterocycles. The Bertz CT molecular complexity index is 634. The predicted octanol–water partition coefficient (Wildman–Crippen LogP) is 3.48. The molecule has 0 radical (unpaired) electrons. The smallest absolute Gasteiger partial charge is 0.257 e. The first-order valence-corrected chi connectivity index (χ1v) is 7.36. The van der Waals surface area contributed by atoms with Gasteiger partial charge < -0.3 is 9.84 Å². The molecule has 1 aromatic heterocycles. The lowest BCUT2D eigenvalue weighted by Gasteiger charge is -2.19. The topological polar surface area (TPSA) is 55.1 Å². The van der Waals surface area contributed by atoms with E-state index >= 15 is 0 Å². The minimum absolute atomic E-state index is 0.0757. The molecule has 21 heavy (non-hydrogen) atoms. The number of aromatic nitrogens is 1. The molecule has 0 aliphatic heterocycles. The first kappa shape index (κ1) is 13.9. The monoisotopic (exact) mass is 284 g/mol. The fourth-order valence-electron chi connectivity index (χ4n) is 2.70. The number of carbonyl (C=O) groups is 1. The molecule has 1 unspecified atom stereocenters. The Kier molecular flexibility index (Phi) is 3.53. The molecule has 3 rings (SSSR count). The highest BCUT2D eigenvalue weighted by molar-refractivity contribution is 5.96. The number of benzene rings is 1. The zero-order valence-electron chi connectivity index (χ0n) is 12.6. The third-order valence-corrected chi connectivity index (χ3v) is 4.08. The third kappa shape index (κ3) is 2.84. The van der Waals surface area contributed by atoms with Gasteiger partial charge in [-0.3, -0.25) is 4.79 Å². The van der Waals surface area contributed by atoms with Gasteiger partial charge in [0.2, 0.25) is 0 Å². The van der Waals surface area contributed by atoms with Gasteiger partial charge in [-0.25, -0.2) is 0 Å². The van der Waals surface area contributed by atoms with Crippen molar-refractivity contribution in [3.8, 4) is 0 Å². The second-order valence-electron chi connectivity index (χ2n) is 5.90. The molecule has 1 atom stereocenters. The molecular formula is C17H20N2O2. The molecular weight excluding hydrogens is 264 g/mol. The SMILES string of the molecule is Cc1ccc(C(NC(=O)c2c(C)noc2C)C2CC2)cc1. The number of aryl methyl sites for hydroxylation is 3. The van der Waals surface area contributed by atoms with Crippen LogP contribution in [0.25, 0.3) is 0 Å². The van der Waals surface area contributed by atoms with E-state index in [9.17, 15) is 4.79 Å². The summed E-state index contributed by atoms with van der Waals surface area (Å²) in [5, 5.41) is 7.01. The molecule has 1 heterocycles. The van der Waals surface area contributed by atoms with Gasteiger partial charge in [0.15, 0.2) is 0 Å². The summed E-state index contributed by atoms with van der Waals surface area (Å²) >= 11 is 0. The molecule has 110 valence electrons. The molecule has 0 bridgehead atoms. The summed E-state index contributed by atoms with van der Waals surface area (Å²) in [5.41, 5.74) is 3.60. The van der Waals surface area contributed by atoms with Crippen LogP contribution in [0.2, 0.25) is 0 Å². The lowest BCUT2D eigenvalue weighted by molar-refractivity contribution is 0.0929. The zero-order chi connectivity index (χ0) is 15.0. The summed E-state index contributed by atoms with van der Waals surface area (Å²) in [4.78, 5) is 12.5. The van der Waals surface area contributed by atoms with E-state index in [0.29, 0.717) is 22.9 Å². The van der Waals surface area contributed by atoms with Gasteiger partial charge in [-0.15, -0.1) is 0 Å². The average molecular weight is 284 g/mol. The summed E-state index contributed by atoms with van der Waals surface area (Å²) in [6.45, 7) is 5.63. The van der Waals surface area contributed by atoms with Gasteiger partial charge in [0.25, 0.3) is 5.91 Å². The molecule has 2 aromatic rings. The van der Waals surface area contributed by atoms with E-state index in [1.54, 1.807) is 13.8 Å². The van der Waals surface area contributed by atoms with Crippen LogP contribution in [0.4, 0.5) is 0 Å². The van der Waals surface area contributed by atoms with Crippen molar-refractivity contribution in [2.75, 3.05) is 0 Å². The number of carbonyl (C=O) groups excluding carboxylic acids is 1. The van der Waals surface area contributed by atoms with Crippen molar-refractivity contribution in [3.63, 3.8) is 0 Å². The Balaban J connectivity index is 1.83. The molecule has 0 spiro atoms. The maximum absolute atomic E-state index is 12.5. The second-order valence-corrected chi connectivity index (χ2v) is 5.90. The standard InChI is InChI=1S/C17H20N2O2/c1-10-4-6-13(7-5-10)16(14-8-9-14)18-17(20)15-11(2)19-21-12(15)3/h4-7,14,16H,8-9H2,1-3H3,(H,18,20). The number of hydrogen-bond acceptors (Lipinski definition) is 3. The largest absolute Gasteiger partial charge is 0.361 e. The molecule has 4 nitrogen and oxygen atoms in total. The van der Waals surface area contributed by atoms with Crippen molar-refractivity contribution < 1.29 is 9.32 Å². The highest BCUT2D eigenvalue weighted by Crippen LogP contribution is 2.41. The zero-order valence-corrected chi connectivity index (χ0v) is 12.6. The Morgan fingerprint density at radius 1 is 1.24 bits per heavy atom. The fraction of sp³-hybridized carbons (Fsp3) is 0.412. The number of rotatable bonds is 4. The van der Waals surface area contributed by atoms with Crippen molar-refractivity contribution in [3.05, 3.63) is 52.4 Å². The number of hydrogen-bond donors (Lipinski definition) is 1. The highest BCUT2D eigenvalue weighted by Gasteiger charge is 2.34. The lowest BCUT2D eigenvalue weighted by atomic mass is 10.0. The van der Waals surface area contributed by atoms with Crippen LogP contribution in [0.3, 0.4) is 0 Å². The first-order valence-electron chi connectivity index (χ1n) is 7.36. The summed E-state index contributed by atoms with van der Waals surface area (Å²) in [5.74, 6) is 1.02. The van der Waals surface area contributed by atoms with Crippen molar-refractivity contribution in [1.29, 1.82) is 0 Å². The summed E-state index contributed by atoms with van der Waals surface area (Å²) in [7, 11) is 0. The Labute approximate surface area is 124 Å². The van der Waals surface area contributed by atoms with Gasteiger partial charge in [0, 0.05) is 0 Å². The van der Waals surface area contributed by atoms with E-state index in [0.717, 1.165) is 0 Å². The molecule has 1 fully saturated rings. The maximum Gasteiger partial charge on any atom is 0.257 e. The van der Waals surface area contributed by atoms with E-state index in [4.69, 9.17) is 4.52 Å². The molecule has 1 saturated carbocycles. The highest BCUT2D eigenvalue weighted by atomic mass is 16.5. The van der Waals surface area contributed by atoms with Crippen LogP contribution in [0.1, 0.15) is 51.8 Å². The summed E-state index contributed by atoms with van der Waals surface area (Å²) in [6.07, 6.45) is 2.33. The Morgan fingerprint density at radius 2 is 1.90 bits per heavy atom. The van der Waals surface area contributed by atoms with Crippen LogP contribution >= 0.6 is 0 Å². The molecule has 1 aromatic carbocycles. The normalized spacial score (nSPS) is 15.8. The molecule has 1 amide bonds. The van der Waals surface area contributed by atoms with Gasteiger partial charge in [-0.2, -0.15) is 0 Å². The van der Waals surface area contributed by atoms with Crippen molar-refractivity contribution in [2.24, 2.45) is 5.92 Å². The number of nitrogens with one attached hydrogen (secondary N) is 1. The third-order valence-electron chi connectivity index (χ3n) is 4.08. The van der Waals surface area contributed by atoms with Gasteiger partial charge in [-0.1, -0.05) is 35.0 Å². The minimum Gasteiger partial charge on any atom is -0.361 e. The van der Waals surface area contributed by atoms with Crippen LogP contribution in [0.5, 0.6) is 0 Å². The summed E-state index contributed by atoms with van der Waals surface area (Å²) in [6, 6.07) is 8.46. The van der Waals surface area contributed by atoms with E-state index in [1.807, 2.05) is 0 Å². The van der Waals surface area contributed by atoms with Crippen molar-refractivity contribution in [1.82, 2.24) is 10.5 Å². The number of amides is 1. The van der Waals surface area contributed by atoms with E-state index in [2.05, 4.69) is 41.7 Å². The van der Waals surface area contributed by atoms with E-state index < -0.39 is 0 Å². The average Bonchev–Trinajstić information content (AvgIpc) is 3.23. The molecule has 1 aliphatic carbocycles. The van der Waals surface area contributed by atoms with E-state index in [1.165, 1.54) is 24.0 Å². The van der Waals surface area contributed by atoms with Gasteiger partial charge >= 0.3 is 0 Å².